The zero-order valence-corrected chi connectivity index (χ0v) is 14.7. The smallest absolute Gasteiger partial charge is 0.0535 e. The van der Waals surface area contributed by atoms with Gasteiger partial charge in [-0.3, -0.25) is 4.90 Å². The number of benzene rings is 1. The summed E-state index contributed by atoms with van der Waals surface area (Å²) in [7, 11) is 0. The third kappa shape index (κ3) is 4.24. The molecule has 1 saturated heterocycles. The molecule has 0 spiro atoms. The van der Waals surface area contributed by atoms with Crippen molar-refractivity contribution < 1.29 is 0 Å². The van der Waals surface area contributed by atoms with E-state index in [1.165, 1.54) is 23.5 Å². The maximum atomic E-state index is 3.77. The quantitative estimate of drug-likeness (QED) is 0.806. The lowest BCUT2D eigenvalue weighted by atomic mass is 9.87. The number of piperazine rings is 1. The summed E-state index contributed by atoms with van der Waals surface area (Å²) in [5, 5.41) is 3.77. The predicted octanol–water partition coefficient (Wildman–Crippen LogP) is 3.73. The van der Waals surface area contributed by atoms with Gasteiger partial charge in [0.1, 0.15) is 0 Å². The van der Waals surface area contributed by atoms with Gasteiger partial charge in [0.2, 0.25) is 0 Å². The van der Waals surface area contributed by atoms with E-state index in [-0.39, 0.29) is 5.54 Å². The molecule has 0 aromatic heterocycles. The van der Waals surface area contributed by atoms with Crippen LogP contribution >= 0.6 is 11.8 Å². The first-order valence-corrected chi connectivity index (χ1v) is 9.36. The largest absolute Gasteiger partial charge is 0.305 e. The molecule has 0 amide bonds. The summed E-state index contributed by atoms with van der Waals surface area (Å²) >= 11 is 2.06. The highest BCUT2D eigenvalue weighted by Crippen LogP contribution is 2.28. The molecule has 1 aromatic carbocycles. The summed E-state index contributed by atoms with van der Waals surface area (Å²) in [6, 6.07) is 12.2. The van der Waals surface area contributed by atoms with E-state index in [4.69, 9.17) is 0 Å². The van der Waals surface area contributed by atoms with Crippen LogP contribution in [0, 0.1) is 0 Å². The van der Waals surface area contributed by atoms with Gasteiger partial charge < -0.3 is 5.32 Å². The third-order valence-electron chi connectivity index (χ3n) is 4.71. The molecule has 1 heterocycles. The van der Waals surface area contributed by atoms with Gasteiger partial charge in [0.05, 0.1) is 5.54 Å². The molecule has 1 aliphatic rings. The Morgan fingerprint density at radius 2 is 2.10 bits per heavy atom. The van der Waals surface area contributed by atoms with Crippen molar-refractivity contribution in [3.63, 3.8) is 0 Å². The van der Waals surface area contributed by atoms with Crippen LogP contribution in [0.1, 0.15) is 39.7 Å². The van der Waals surface area contributed by atoms with Gasteiger partial charge in [-0.05, 0) is 44.3 Å². The van der Waals surface area contributed by atoms with Gasteiger partial charge >= 0.3 is 0 Å². The average molecular weight is 307 g/mol. The molecule has 3 heteroatoms. The Labute approximate surface area is 134 Å². The van der Waals surface area contributed by atoms with Crippen LogP contribution in [0.5, 0.6) is 0 Å². The van der Waals surface area contributed by atoms with Gasteiger partial charge in [-0.2, -0.15) is 11.8 Å². The molecule has 118 valence electrons. The lowest BCUT2D eigenvalue weighted by molar-refractivity contribution is 0.0596. The van der Waals surface area contributed by atoms with Crippen molar-refractivity contribution in [3.05, 3.63) is 35.9 Å². The van der Waals surface area contributed by atoms with Crippen LogP contribution < -0.4 is 5.32 Å². The van der Waals surface area contributed by atoms with Crippen molar-refractivity contribution in [2.75, 3.05) is 24.6 Å². The molecule has 2 rings (SSSR count). The molecular weight excluding hydrogens is 276 g/mol. The number of hydrogen-bond donors (Lipinski definition) is 1. The molecule has 0 aliphatic carbocycles. The van der Waals surface area contributed by atoms with Gasteiger partial charge in [0, 0.05) is 25.2 Å². The molecular formula is C18H30N2S. The van der Waals surface area contributed by atoms with Crippen LogP contribution in [0.4, 0.5) is 0 Å². The maximum Gasteiger partial charge on any atom is 0.0535 e. The van der Waals surface area contributed by atoms with E-state index in [2.05, 4.69) is 80.0 Å². The van der Waals surface area contributed by atoms with E-state index in [0.717, 1.165) is 13.1 Å². The number of hydrogen-bond acceptors (Lipinski definition) is 3. The highest BCUT2D eigenvalue weighted by atomic mass is 32.2. The van der Waals surface area contributed by atoms with Gasteiger partial charge in [-0.1, -0.05) is 37.3 Å². The van der Waals surface area contributed by atoms with Crippen molar-refractivity contribution >= 4 is 11.8 Å². The summed E-state index contributed by atoms with van der Waals surface area (Å²) in [5.41, 5.74) is 1.47. The summed E-state index contributed by atoms with van der Waals surface area (Å²) in [6.45, 7) is 11.5. The van der Waals surface area contributed by atoms with E-state index in [0.29, 0.717) is 12.1 Å². The molecule has 1 aromatic rings. The molecule has 0 radical (unpaired) electrons. The second kappa shape index (κ2) is 7.66. The van der Waals surface area contributed by atoms with E-state index in [1.807, 2.05) is 0 Å². The van der Waals surface area contributed by atoms with Gasteiger partial charge in [-0.25, -0.2) is 0 Å². The first kappa shape index (κ1) is 16.9. The summed E-state index contributed by atoms with van der Waals surface area (Å²) in [5.74, 6) is 2.50. The van der Waals surface area contributed by atoms with Crippen LogP contribution in [0.25, 0.3) is 0 Å². The van der Waals surface area contributed by atoms with Gasteiger partial charge in [0.15, 0.2) is 0 Å². The van der Waals surface area contributed by atoms with E-state index >= 15 is 0 Å². The fraction of sp³-hybridized carbons (Fsp3) is 0.667. The SMILES string of the molecule is CCSCCC(C)N1CC(C)(c2ccccc2)NCC1C. The average Bonchev–Trinajstić information content (AvgIpc) is 2.51. The fourth-order valence-corrected chi connectivity index (χ4v) is 4.02. The number of nitrogens with one attached hydrogen (secondary N) is 1. The molecule has 21 heavy (non-hydrogen) atoms. The minimum absolute atomic E-state index is 0.0694. The van der Waals surface area contributed by atoms with E-state index < -0.39 is 0 Å². The molecule has 0 bridgehead atoms. The monoisotopic (exact) mass is 306 g/mol. The second-order valence-corrected chi connectivity index (χ2v) is 7.83. The summed E-state index contributed by atoms with van der Waals surface area (Å²) in [4.78, 5) is 2.69. The summed E-state index contributed by atoms with van der Waals surface area (Å²) < 4.78 is 0. The van der Waals surface area contributed by atoms with Crippen molar-refractivity contribution in [2.24, 2.45) is 0 Å². The topological polar surface area (TPSA) is 15.3 Å². The molecule has 1 N–H and O–H groups in total. The Balaban J connectivity index is 2.05. The Morgan fingerprint density at radius 1 is 1.38 bits per heavy atom. The van der Waals surface area contributed by atoms with Crippen LogP contribution in [0.3, 0.4) is 0 Å². The highest BCUT2D eigenvalue weighted by Gasteiger charge is 2.36. The highest BCUT2D eigenvalue weighted by molar-refractivity contribution is 7.99. The maximum absolute atomic E-state index is 3.77. The number of nitrogens with zero attached hydrogens (tertiary/aromatic N) is 1. The Morgan fingerprint density at radius 3 is 2.76 bits per heavy atom. The lowest BCUT2D eigenvalue weighted by Gasteiger charge is -2.48. The van der Waals surface area contributed by atoms with Crippen molar-refractivity contribution in [1.82, 2.24) is 10.2 Å². The first-order chi connectivity index (χ1) is 10.1. The standard InChI is InChI=1S/C18H30N2S/c1-5-21-12-11-15(2)20-14-18(4,19-13-16(20)3)17-9-7-6-8-10-17/h6-10,15-16,19H,5,11-14H2,1-4H3. The number of thioether (sulfide) groups is 1. The molecule has 2 nitrogen and oxygen atoms in total. The normalized spacial score (nSPS) is 28.5. The van der Waals surface area contributed by atoms with Gasteiger partial charge in [0.25, 0.3) is 0 Å². The van der Waals surface area contributed by atoms with Crippen LogP contribution in [0.2, 0.25) is 0 Å². The van der Waals surface area contributed by atoms with Crippen molar-refractivity contribution in [2.45, 2.75) is 51.7 Å². The van der Waals surface area contributed by atoms with E-state index in [9.17, 15) is 0 Å². The molecule has 1 aliphatic heterocycles. The molecule has 3 unspecified atom stereocenters. The fourth-order valence-electron chi connectivity index (χ4n) is 3.22. The van der Waals surface area contributed by atoms with Crippen LogP contribution in [-0.2, 0) is 5.54 Å². The molecule has 1 fully saturated rings. The Bertz CT molecular complexity index is 422. The van der Waals surface area contributed by atoms with Crippen molar-refractivity contribution in [1.29, 1.82) is 0 Å². The van der Waals surface area contributed by atoms with Crippen LogP contribution in [0.15, 0.2) is 30.3 Å². The Kier molecular flexibility index (Phi) is 6.15. The second-order valence-electron chi connectivity index (χ2n) is 6.44. The lowest BCUT2D eigenvalue weighted by Crippen LogP contribution is -2.62. The Hall–Kier alpha value is -0.510. The predicted molar refractivity (Wildman–Crippen MR) is 95.0 cm³/mol. The summed E-state index contributed by atoms with van der Waals surface area (Å²) in [6.07, 6.45) is 1.29. The van der Waals surface area contributed by atoms with Gasteiger partial charge in [-0.15, -0.1) is 0 Å². The third-order valence-corrected chi connectivity index (χ3v) is 5.65. The van der Waals surface area contributed by atoms with Crippen molar-refractivity contribution in [3.8, 4) is 0 Å². The van der Waals surface area contributed by atoms with E-state index in [1.54, 1.807) is 0 Å². The molecule has 3 atom stereocenters. The zero-order chi connectivity index (χ0) is 15.3. The minimum Gasteiger partial charge on any atom is -0.305 e. The zero-order valence-electron chi connectivity index (χ0n) is 13.9. The molecule has 0 saturated carbocycles. The minimum atomic E-state index is 0.0694. The first-order valence-electron chi connectivity index (χ1n) is 8.21. The number of rotatable bonds is 6. The van der Waals surface area contributed by atoms with Crippen LogP contribution in [-0.4, -0.2) is 41.6 Å².